The number of hydrogen-bond acceptors (Lipinski definition) is 4. The van der Waals surface area contributed by atoms with Gasteiger partial charge in [0.2, 0.25) is 0 Å². The zero-order valence-corrected chi connectivity index (χ0v) is 13.0. The van der Waals surface area contributed by atoms with E-state index in [1.807, 2.05) is 39.7 Å². The van der Waals surface area contributed by atoms with E-state index in [1.165, 1.54) is 0 Å². The fraction of sp³-hybridized carbons (Fsp3) is 0.438. The van der Waals surface area contributed by atoms with Crippen molar-refractivity contribution < 1.29 is 18.8 Å². The summed E-state index contributed by atoms with van der Waals surface area (Å²) in [6, 6.07) is 6.99. The molecule has 0 amide bonds. The van der Waals surface area contributed by atoms with E-state index in [0.717, 1.165) is 12.0 Å². The Labute approximate surface area is 126 Å². The Bertz CT molecular complexity index is 504. The number of rotatable bonds is 5. The third-order valence-corrected chi connectivity index (χ3v) is 3.93. The van der Waals surface area contributed by atoms with Crippen molar-refractivity contribution in [3.63, 3.8) is 0 Å². The van der Waals surface area contributed by atoms with Crippen LogP contribution in [0.1, 0.15) is 38.1 Å². The average Bonchev–Trinajstić information content (AvgIpc) is 2.63. The molecule has 1 aliphatic rings. The molecule has 0 bridgehead atoms. The van der Waals surface area contributed by atoms with Crippen LogP contribution in [0.2, 0.25) is 0 Å². The highest BCUT2D eigenvalue weighted by Crippen LogP contribution is 2.36. The second kappa shape index (κ2) is 6.04. The Balaban J connectivity index is 1.82. The Morgan fingerprint density at radius 2 is 1.67 bits per heavy atom. The molecule has 1 aromatic carbocycles. The molecule has 0 aliphatic carbocycles. The molecule has 5 heteroatoms. The summed E-state index contributed by atoms with van der Waals surface area (Å²) in [5.41, 5.74) is -0.0174. The third kappa shape index (κ3) is 3.74. The van der Waals surface area contributed by atoms with Crippen molar-refractivity contribution in [2.75, 3.05) is 6.61 Å². The van der Waals surface area contributed by atoms with Gasteiger partial charge in [0.1, 0.15) is 18.6 Å². The van der Waals surface area contributed by atoms with E-state index in [2.05, 4.69) is 0 Å². The van der Waals surface area contributed by atoms with Crippen LogP contribution in [-0.2, 0) is 9.31 Å². The molecule has 0 aromatic heterocycles. The lowest BCUT2D eigenvalue weighted by atomic mass is 9.90. The maximum atomic E-state index is 10.6. The summed E-state index contributed by atoms with van der Waals surface area (Å²) in [5, 5.41) is 0. The minimum Gasteiger partial charge on any atom is -0.490 e. The molecular formula is C16H21BO4. The highest BCUT2D eigenvalue weighted by atomic mass is 16.7. The topological polar surface area (TPSA) is 44.8 Å². The summed E-state index contributed by atoms with van der Waals surface area (Å²) >= 11 is 0. The van der Waals surface area contributed by atoms with Gasteiger partial charge in [0, 0.05) is 5.56 Å². The summed E-state index contributed by atoms with van der Waals surface area (Å²) in [5.74, 6) is 2.58. The van der Waals surface area contributed by atoms with E-state index in [-0.39, 0.29) is 18.3 Å². The monoisotopic (exact) mass is 288 g/mol. The number of hydrogen-bond donors (Lipinski definition) is 0. The lowest BCUT2D eigenvalue weighted by Gasteiger charge is -2.32. The zero-order chi connectivity index (χ0) is 15.5. The Morgan fingerprint density at radius 3 is 2.19 bits per heavy atom. The van der Waals surface area contributed by atoms with Crippen molar-refractivity contribution in [3.05, 3.63) is 41.9 Å². The zero-order valence-electron chi connectivity index (χ0n) is 13.0. The summed E-state index contributed by atoms with van der Waals surface area (Å²) in [4.78, 5) is 10.6. The molecule has 1 aliphatic heterocycles. The van der Waals surface area contributed by atoms with Gasteiger partial charge in [-0.05, 0) is 52.0 Å². The van der Waals surface area contributed by atoms with E-state index in [9.17, 15) is 4.79 Å². The van der Waals surface area contributed by atoms with E-state index in [1.54, 1.807) is 24.3 Å². The molecule has 1 aromatic rings. The molecule has 0 N–H and O–H groups in total. The fourth-order valence-corrected chi connectivity index (χ4v) is 1.92. The van der Waals surface area contributed by atoms with Gasteiger partial charge in [-0.3, -0.25) is 4.79 Å². The minimum atomic E-state index is -0.351. The smallest absolute Gasteiger partial charge is 0.486 e. The van der Waals surface area contributed by atoms with Crippen LogP contribution in [0, 0.1) is 0 Å². The quantitative estimate of drug-likeness (QED) is 0.617. The van der Waals surface area contributed by atoms with Gasteiger partial charge in [-0.15, -0.1) is 0 Å². The molecule has 1 fully saturated rings. The van der Waals surface area contributed by atoms with Crippen LogP contribution in [0.4, 0.5) is 0 Å². The molecular weight excluding hydrogens is 267 g/mol. The highest BCUT2D eigenvalue weighted by Gasteiger charge is 2.49. The van der Waals surface area contributed by atoms with E-state index in [4.69, 9.17) is 14.0 Å². The first-order valence-corrected chi connectivity index (χ1v) is 7.04. The normalized spacial score (nSPS) is 19.9. The molecule has 0 saturated carbocycles. The van der Waals surface area contributed by atoms with Crippen molar-refractivity contribution >= 4 is 13.4 Å². The number of benzene rings is 1. The predicted molar refractivity (Wildman–Crippen MR) is 82.5 cm³/mol. The van der Waals surface area contributed by atoms with Crippen molar-refractivity contribution in [2.24, 2.45) is 0 Å². The van der Waals surface area contributed by atoms with Gasteiger partial charge in [0.05, 0.1) is 11.2 Å². The van der Waals surface area contributed by atoms with Gasteiger partial charge >= 0.3 is 7.12 Å². The molecule has 112 valence electrons. The lowest BCUT2D eigenvalue weighted by Crippen LogP contribution is -2.41. The largest absolute Gasteiger partial charge is 0.490 e. The molecule has 0 radical (unpaired) electrons. The van der Waals surface area contributed by atoms with E-state index >= 15 is 0 Å². The standard InChI is InChI=1S/C16H21BO4/c1-15(2)16(3,4)21-17(20-15)10-5-11-19-14-8-6-13(12-18)7-9-14/h5-10,12H,11H2,1-4H3/b10-5+. The molecule has 21 heavy (non-hydrogen) atoms. The molecule has 1 heterocycles. The maximum absolute atomic E-state index is 10.6. The number of carbonyl (C=O) groups excluding carboxylic acids is 1. The highest BCUT2D eigenvalue weighted by molar-refractivity contribution is 6.51. The molecule has 0 atom stereocenters. The first kappa shape index (κ1) is 15.8. The Kier molecular flexibility index (Phi) is 4.54. The van der Waals surface area contributed by atoms with Gasteiger partial charge in [-0.1, -0.05) is 12.1 Å². The van der Waals surface area contributed by atoms with Crippen LogP contribution in [0.5, 0.6) is 5.75 Å². The van der Waals surface area contributed by atoms with Crippen molar-refractivity contribution in [1.82, 2.24) is 0 Å². The SMILES string of the molecule is CC1(C)OB(/C=C/COc2ccc(C=O)cc2)OC1(C)C. The van der Waals surface area contributed by atoms with Gasteiger partial charge in [0.15, 0.2) is 0 Å². The predicted octanol–water partition coefficient (Wildman–Crippen LogP) is 3.07. The second-order valence-corrected chi connectivity index (χ2v) is 6.05. The molecule has 4 nitrogen and oxygen atoms in total. The summed E-state index contributed by atoms with van der Waals surface area (Å²) in [6.45, 7) is 8.50. The first-order valence-electron chi connectivity index (χ1n) is 7.04. The molecule has 0 spiro atoms. The van der Waals surface area contributed by atoms with Crippen LogP contribution in [-0.4, -0.2) is 31.2 Å². The number of aldehydes is 1. The van der Waals surface area contributed by atoms with Crippen molar-refractivity contribution in [2.45, 2.75) is 38.9 Å². The summed E-state index contributed by atoms with van der Waals surface area (Å²) in [7, 11) is -0.351. The van der Waals surface area contributed by atoms with E-state index in [0.29, 0.717) is 12.2 Å². The summed E-state index contributed by atoms with van der Waals surface area (Å²) < 4.78 is 17.2. The Morgan fingerprint density at radius 1 is 1.10 bits per heavy atom. The van der Waals surface area contributed by atoms with Crippen molar-refractivity contribution in [1.29, 1.82) is 0 Å². The van der Waals surface area contributed by atoms with Gasteiger partial charge in [0.25, 0.3) is 0 Å². The van der Waals surface area contributed by atoms with Crippen molar-refractivity contribution in [3.8, 4) is 5.75 Å². The van der Waals surface area contributed by atoms with Crippen LogP contribution in [0.15, 0.2) is 36.3 Å². The summed E-state index contributed by atoms with van der Waals surface area (Å²) in [6.07, 6.45) is 2.68. The van der Waals surface area contributed by atoms with Gasteiger partial charge in [-0.2, -0.15) is 0 Å². The molecule has 0 unspecified atom stereocenters. The Hall–Kier alpha value is -1.59. The number of carbonyl (C=O) groups is 1. The van der Waals surface area contributed by atoms with Gasteiger partial charge < -0.3 is 14.0 Å². The third-order valence-electron chi connectivity index (χ3n) is 3.93. The first-order chi connectivity index (χ1) is 9.84. The van der Waals surface area contributed by atoms with E-state index < -0.39 is 0 Å². The van der Waals surface area contributed by atoms with Crippen LogP contribution >= 0.6 is 0 Å². The number of ether oxygens (including phenoxy) is 1. The fourth-order valence-electron chi connectivity index (χ4n) is 1.92. The minimum absolute atomic E-state index is 0.326. The second-order valence-electron chi connectivity index (χ2n) is 6.05. The molecule has 2 rings (SSSR count). The van der Waals surface area contributed by atoms with Crippen LogP contribution in [0.3, 0.4) is 0 Å². The van der Waals surface area contributed by atoms with Gasteiger partial charge in [-0.25, -0.2) is 0 Å². The van der Waals surface area contributed by atoms with Crippen LogP contribution in [0.25, 0.3) is 0 Å². The average molecular weight is 288 g/mol. The van der Waals surface area contributed by atoms with Crippen LogP contribution < -0.4 is 4.74 Å². The lowest BCUT2D eigenvalue weighted by molar-refractivity contribution is 0.00578. The maximum Gasteiger partial charge on any atom is 0.486 e. The molecule has 1 saturated heterocycles.